The van der Waals surface area contributed by atoms with E-state index < -0.39 is 0 Å². The summed E-state index contributed by atoms with van der Waals surface area (Å²) in [6, 6.07) is 0. The first-order chi connectivity index (χ1) is 14.1. The van der Waals surface area contributed by atoms with Crippen molar-refractivity contribution in [2.75, 3.05) is 39.8 Å². The van der Waals surface area contributed by atoms with Crippen molar-refractivity contribution in [3.8, 4) is 0 Å². The van der Waals surface area contributed by atoms with E-state index in [-0.39, 0.29) is 37.4 Å². The van der Waals surface area contributed by atoms with Crippen molar-refractivity contribution in [3.05, 3.63) is 11.9 Å². The molecule has 29 heavy (non-hydrogen) atoms. The summed E-state index contributed by atoms with van der Waals surface area (Å²) in [6.45, 7) is 13.0. The van der Waals surface area contributed by atoms with Crippen LogP contribution in [0, 0.1) is 5.92 Å². The monoisotopic (exact) mass is 415 g/mol. The number of carbonyl (C=O) groups is 2. The molecule has 1 atom stereocenters. The van der Waals surface area contributed by atoms with Crippen molar-refractivity contribution in [2.24, 2.45) is 11.7 Å². The van der Waals surface area contributed by atoms with Crippen LogP contribution >= 0.6 is 0 Å². The predicted molar refractivity (Wildman–Crippen MR) is 109 cm³/mol. The minimum atomic E-state index is -0.250. The average Bonchev–Trinajstić information content (AvgIpc) is 3.29. The van der Waals surface area contributed by atoms with Gasteiger partial charge >= 0.3 is 0 Å². The van der Waals surface area contributed by atoms with E-state index in [2.05, 4.69) is 10.3 Å². The van der Waals surface area contributed by atoms with Crippen LogP contribution < -0.4 is 5.73 Å². The predicted octanol–water partition coefficient (Wildman–Crippen LogP) is 1.19. The molecule has 0 aliphatic carbocycles. The number of likely N-dealkylation sites (tertiary alicyclic amines) is 1. The Morgan fingerprint density at radius 3 is 2.17 bits per heavy atom. The molecule has 0 bridgehead atoms. The van der Waals surface area contributed by atoms with Gasteiger partial charge in [0.15, 0.2) is 0 Å². The van der Waals surface area contributed by atoms with Gasteiger partial charge in [0.2, 0.25) is 11.8 Å². The van der Waals surface area contributed by atoms with Gasteiger partial charge < -0.3 is 19.9 Å². The van der Waals surface area contributed by atoms with Gasteiger partial charge in [-0.1, -0.05) is 39.8 Å². The highest BCUT2D eigenvalue weighted by Gasteiger charge is 2.35. The van der Waals surface area contributed by atoms with Crippen molar-refractivity contribution >= 4 is 11.8 Å². The third-order valence-electron chi connectivity index (χ3n) is 3.70. The summed E-state index contributed by atoms with van der Waals surface area (Å²) < 4.78 is 17.3. The number of carbonyl (C=O) groups excluding carboxylic acids is 2. The highest BCUT2D eigenvalue weighted by Crippen LogP contribution is 2.20. The first-order valence-electron chi connectivity index (χ1n) is 10.3. The standard InChI is InChI=1S/C15H25N5O5.2C2H6/c1-12-8-14(21)20(15(12)22)10-13-9-19(18-17-13)2-3-23-4-5-24-6-7-25-11-16;2*1-2/h9,12H,2-8,10-11,16H2,1H3;2*1-2H3. The van der Waals surface area contributed by atoms with E-state index in [0.29, 0.717) is 45.3 Å². The number of amides is 2. The molecule has 1 aromatic rings. The van der Waals surface area contributed by atoms with E-state index in [1.165, 1.54) is 4.90 Å². The Morgan fingerprint density at radius 2 is 1.62 bits per heavy atom. The van der Waals surface area contributed by atoms with Crippen LogP contribution in [0.2, 0.25) is 0 Å². The molecule has 2 N–H and O–H groups in total. The number of hydrogen-bond acceptors (Lipinski definition) is 8. The van der Waals surface area contributed by atoms with Gasteiger partial charge in [-0.3, -0.25) is 14.5 Å². The molecule has 0 saturated carbocycles. The van der Waals surface area contributed by atoms with Gasteiger partial charge in [0, 0.05) is 12.3 Å². The smallest absolute Gasteiger partial charge is 0.232 e. The summed E-state index contributed by atoms with van der Waals surface area (Å²) in [5.74, 6) is -0.563. The summed E-state index contributed by atoms with van der Waals surface area (Å²) in [5.41, 5.74) is 5.76. The van der Waals surface area contributed by atoms with Crippen molar-refractivity contribution < 1.29 is 23.8 Å². The number of rotatable bonds is 12. The van der Waals surface area contributed by atoms with Crippen molar-refractivity contribution in [3.63, 3.8) is 0 Å². The number of nitrogens with two attached hydrogens (primary N) is 1. The molecule has 1 aliphatic rings. The Labute approximate surface area is 173 Å². The van der Waals surface area contributed by atoms with E-state index in [0.717, 1.165) is 0 Å². The normalized spacial score (nSPS) is 15.7. The molecular weight excluding hydrogens is 378 g/mol. The van der Waals surface area contributed by atoms with Crippen LogP contribution in [-0.2, 0) is 36.9 Å². The summed E-state index contributed by atoms with van der Waals surface area (Å²) in [7, 11) is 0. The molecular formula is C19H37N5O5. The Morgan fingerprint density at radius 1 is 1.03 bits per heavy atom. The number of ether oxygens (including phenoxy) is 3. The molecule has 2 amide bonds. The third-order valence-corrected chi connectivity index (χ3v) is 3.70. The zero-order valence-electron chi connectivity index (χ0n) is 18.4. The number of nitrogens with zero attached hydrogens (tertiary/aromatic N) is 4. The van der Waals surface area contributed by atoms with Crippen LogP contribution in [0.1, 0.15) is 46.7 Å². The zero-order valence-corrected chi connectivity index (χ0v) is 18.4. The molecule has 10 nitrogen and oxygen atoms in total. The second-order valence-electron chi connectivity index (χ2n) is 5.70. The summed E-state index contributed by atoms with van der Waals surface area (Å²) >= 11 is 0. The number of imide groups is 1. The molecule has 1 aliphatic heterocycles. The van der Waals surface area contributed by atoms with Crippen LogP contribution in [0.25, 0.3) is 0 Å². The molecule has 0 spiro atoms. The topological polar surface area (TPSA) is 122 Å². The minimum absolute atomic E-state index is 0.153. The summed E-state index contributed by atoms with van der Waals surface area (Å²) in [4.78, 5) is 24.9. The molecule has 1 aromatic heterocycles. The van der Waals surface area contributed by atoms with Crippen molar-refractivity contribution in [1.29, 1.82) is 0 Å². The van der Waals surface area contributed by atoms with Gasteiger partial charge in [0.25, 0.3) is 0 Å². The number of aromatic nitrogens is 3. The van der Waals surface area contributed by atoms with E-state index in [9.17, 15) is 9.59 Å². The highest BCUT2D eigenvalue weighted by atomic mass is 16.5. The highest BCUT2D eigenvalue weighted by molar-refractivity contribution is 6.03. The number of hydrogen-bond donors (Lipinski definition) is 1. The van der Waals surface area contributed by atoms with Crippen molar-refractivity contribution in [1.82, 2.24) is 19.9 Å². The fourth-order valence-corrected chi connectivity index (χ4v) is 2.38. The summed E-state index contributed by atoms with van der Waals surface area (Å²) in [6.07, 6.45) is 1.98. The van der Waals surface area contributed by atoms with E-state index in [4.69, 9.17) is 19.9 Å². The maximum absolute atomic E-state index is 11.9. The molecule has 0 aromatic carbocycles. The molecule has 2 rings (SSSR count). The molecule has 1 unspecified atom stereocenters. The Bertz CT molecular complexity index is 567. The largest absolute Gasteiger partial charge is 0.377 e. The Balaban J connectivity index is 0.00000184. The van der Waals surface area contributed by atoms with Crippen LogP contribution in [0.5, 0.6) is 0 Å². The van der Waals surface area contributed by atoms with Crippen LogP contribution in [-0.4, -0.2) is 71.5 Å². The van der Waals surface area contributed by atoms with Gasteiger partial charge in [-0.2, -0.15) is 0 Å². The first-order valence-corrected chi connectivity index (χ1v) is 10.3. The molecule has 1 fully saturated rings. The van der Waals surface area contributed by atoms with Crippen LogP contribution in [0.3, 0.4) is 0 Å². The van der Waals surface area contributed by atoms with E-state index in [1.807, 2.05) is 27.7 Å². The second-order valence-corrected chi connectivity index (χ2v) is 5.70. The maximum Gasteiger partial charge on any atom is 0.232 e. The lowest BCUT2D eigenvalue weighted by Gasteiger charge is -2.11. The maximum atomic E-state index is 11.9. The van der Waals surface area contributed by atoms with Gasteiger partial charge in [-0.15, -0.1) is 5.10 Å². The molecule has 168 valence electrons. The zero-order chi connectivity index (χ0) is 22.1. The summed E-state index contributed by atoms with van der Waals surface area (Å²) in [5, 5.41) is 7.97. The fourth-order valence-electron chi connectivity index (χ4n) is 2.38. The fraction of sp³-hybridized carbons (Fsp3) is 0.789. The molecule has 2 heterocycles. The Hall–Kier alpha value is -1.88. The van der Waals surface area contributed by atoms with Gasteiger partial charge in [-0.05, 0) is 0 Å². The molecule has 1 saturated heterocycles. The lowest BCUT2D eigenvalue weighted by atomic mass is 10.1. The van der Waals surface area contributed by atoms with Crippen molar-refractivity contribution in [2.45, 2.75) is 54.1 Å². The van der Waals surface area contributed by atoms with Gasteiger partial charge in [-0.25, -0.2) is 4.68 Å². The lowest BCUT2D eigenvalue weighted by Crippen LogP contribution is -2.29. The molecule has 10 heteroatoms. The van der Waals surface area contributed by atoms with E-state index in [1.54, 1.807) is 17.8 Å². The van der Waals surface area contributed by atoms with Gasteiger partial charge in [0.05, 0.1) is 59.1 Å². The van der Waals surface area contributed by atoms with E-state index >= 15 is 0 Å². The second kappa shape index (κ2) is 17.0. The SMILES string of the molecule is CC.CC.CC1CC(=O)N(Cc2cn(CCOCCOCCOCN)nn2)C1=O. The Kier molecular flexibility index (Phi) is 15.9. The van der Waals surface area contributed by atoms with Crippen LogP contribution in [0.15, 0.2) is 6.20 Å². The lowest BCUT2D eigenvalue weighted by molar-refractivity contribution is -0.140. The van der Waals surface area contributed by atoms with Gasteiger partial charge in [0.1, 0.15) is 5.69 Å². The average molecular weight is 416 g/mol. The first kappa shape index (κ1) is 27.1. The van der Waals surface area contributed by atoms with Crippen LogP contribution in [0.4, 0.5) is 0 Å². The quantitative estimate of drug-likeness (QED) is 0.307. The third kappa shape index (κ3) is 10.5. The minimum Gasteiger partial charge on any atom is -0.377 e. The molecule has 0 radical (unpaired) electrons.